The van der Waals surface area contributed by atoms with Crippen molar-refractivity contribution < 1.29 is 9.53 Å². The smallest absolute Gasteiger partial charge is 0.251 e. The monoisotopic (exact) mass is 240 g/mol. The summed E-state index contributed by atoms with van der Waals surface area (Å²) in [5, 5.41) is 0. The molecule has 0 spiro atoms. The Hall–Kier alpha value is -0.610. The zero-order chi connectivity index (χ0) is 12.4. The van der Waals surface area contributed by atoms with Crippen molar-refractivity contribution in [2.75, 3.05) is 7.05 Å². The summed E-state index contributed by atoms with van der Waals surface area (Å²) in [5.41, 5.74) is 6.11. The highest BCUT2D eigenvalue weighted by Crippen LogP contribution is 2.25. The third-order valence-corrected chi connectivity index (χ3v) is 4.13. The quantitative estimate of drug-likeness (QED) is 0.791. The second kappa shape index (κ2) is 5.36. The number of hydrogen-bond acceptors (Lipinski definition) is 3. The Bertz CT molecular complexity index is 283. The van der Waals surface area contributed by atoms with Gasteiger partial charge in [-0.2, -0.15) is 0 Å². The molecule has 1 amide bonds. The summed E-state index contributed by atoms with van der Waals surface area (Å²) in [5.74, 6) is 0.122. The van der Waals surface area contributed by atoms with Crippen LogP contribution >= 0.6 is 0 Å². The van der Waals surface area contributed by atoms with Crippen molar-refractivity contribution in [3.63, 3.8) is 0 Å². The van der Waals surface area contributed by atoms with E-state index >= 15 is 0 Å². The Morgan fingerprint density at radius 2 is 1.94 bits per heavy atom. The topological polar surface area (TPSA) is 55.6 Å². The number of nitrogens with zero attached hydrogens (tertiary/aromatic N) is 1. The summed E-state index contributed by atoms with van der Waals surface area (Å²) in [4.78, 5) is 14.1. The van der Waals surface area contributed by atoms with E-state index in [2.05, 4.69) is 0 Å². The molecule has 0 aromatic heterocycles. The van der Waals surface area contributed by atoms with Crippen LogP contribution in [0.3, 0.4) is 0 Å². The zero-order valence-corrected chi connectivity index (χ0v) is 10.9. The number of ether oxygens (including phenoxy) is 1. The molecule has 1 heterocycles. The maximum Gasteiger partial charge on any atom is 0.251 e. The normalized spacial score (nSPS) is 38.1. The van der Waals surface area contributed by atoms with Crippen LogP contribution in [0.4, 0.5) is 0 Å². The van der Waals surface area contributed by atoms with Gasteiger partial charge in [-0.15, -0.1) is 0 Å². The van der Waals surface area contributed by atoms with Gasteiger partial charge in [0.15, 0.2) is 0 Å². The van der Waals surface area contributed by atoms with Gasteiger partial charge in [0, 0.05) is 19.1 Å². The molecule has 1 aliphatic heterocycles. The Morgan fingerprint density at radius 1 is 1.24 bits per heavy atom. The largest absolute Gasteiger partial charge is 0.365 e. The van der Waals surface area contributed by atoms with Gasteiger partial charge in [0.2, 0.25) is 0 Å². The van der Waals surface area contributed by atoms with E-state index in [0.717, 1.165) is 25.7 Å². The van der Waals surface area contributed by atoms with Crippen LogP contribution in [-0.2, 0) is 9.53 Å². The molecule has 0 bridgehead atoms. The summed E-state index contributed by atoms with van der Waals surface area (Å²) in [6.45, 7) is 2.03. The van der Waals surface area contributed by atoms with Crippen LogP contribution in [0, 0.1) is 0 Å². The minimum absolute atomic E-state index is 0.122. The fraction of sp³-hybridized carbons (Fsp3) is 0.923. The highest BCUT2D eigenvalue weighted by atomic mass is 16.5. The number of rotatable bonds is 2. The van der Waals surface area contributed by atoms with E-state index in [-0.39, 0.29) is 30.2 Å². The van der Waals surface area contributed by atoms with Crippen molar-refractivity contribution >= 4 is 5.91 Å². The van der Waals surface area contributed by atoms with E-state index in [4.69, 9.17) is 10.5 Å². The molecule has 0 aromatic rings. The molecule has 4 unspecified atom stereocenters. The first-order chi connectivity index (χ1) is 8.09. The molecule has 0 radical (unpaired) electrons. The molecule has 1 saturated heterocycles. The van der Waals surface area contributed by atoms with Gasteiger partial charge in [-0.05, 0) is 32.6 Å². The molecule has 4 atom stereocenters. The van der Waals surface area contributed by atoms with Crippen LogP contribution in [-0.4, -0.2) is 42.1 Å². The maximum absolute atomic E-state index is 12.3. The lowest BCUT2D eigenvalue weighted by molar-refractivity contribution is -0.144. The van der Waals surface area contributed by atoms with E-state index < -0.39 is 0 Å². The molecule has 17 heavy (non-hydrogen) atoms. The molecule has 2 rings (SSSR count). The molecule has 2 N–H and O–H groups in total. The van der Waals surface area contributed by atoms with Crippen molar-refractivity contribution in [1.29, 1.82) is 0 Å². The lowest BCUT2D eigenvalue weighted by Crippen LogP contribution is -2.52. The highest BCUT2D eigenvalue weighted by Gasteiger charge is 2.35. The molecule has 98 valence electrons. The third kappa shape index (κ3) is 2.80. The molecular weight excluding hydrogens is 216 g/mol. The van der Waals surface area contributed by atoms with Gasteiger partial charge in [0.05, 0.1) is 6.10 Å². The predicted molar refractivity (Wildman–Crippen MR) is 66.6 cm³/mol. The highest BCUT2D eigenvalue weighted by molar-refractivity contribution is 5.81. The molecule has 2 fully saturated rings. The number of carbonyl (C=O) groups excluding carboxylic acids is 1. The summed E-state index contributed by atoms with van der Waals surface area (Å²) >= 11 is 0. The fourth-order valence-corrected chi connectivity index (χ4v) is 3.00. The predicted octanol–water partition coefficient (Wildman–Crippen LogP) is 1.28. The second-order valence-corrected chi connectivity index (χ2v) is 5.48. The maximum atomic E-state index is 12.3. The molecule has 0 aromatic carbocycles. The molecule has 1 saturated carbocycles. The van der Waals surface area contributed by atoms with Crippen molar-refractivity contribution in [2.45, 2.75) is 69.7 Å². The van der Waals surface area contributed by atoms with Crippen LogP contribution in [0.25, 0.3) is 0 Å². The minimum atomic E-state index is -0.232. The SMILES string of the molecule is CC1CCC(C(=O)N(C)C2CCCCC2N)O1. The Kier molecular flexibility index (Phi) is 4.05. The number of nitrogens with two attached hydrogens (primary N) is 1. The van der Waals surface area contributed by atoms with Gasteiger partial charge in [-0.1, -0.05) is 12.8 Å². The Morgan fingerprint density at radius 3 is 2.53 bits per heavy atom. The number of carbonyl (C=O) groups is 1. The van der Waals surface area contributed by atoms with Crippen LogP contribution in [0.1, 0.15) is 45.4 Å². The summed E-state index contributed by atoms with van der Waals surface area (Å²) in [6, 6.07) is 0.340. The Labute approximate surface area is 103 Å². The molecule has 2 aliphatic rings. The first-order valence-corrected chi connectivity index (χ1v) is 6.77. The van der Waals surface area contributed by atoms with Gasteiger partial charge >= 0.3 is 0 Å². The fourth-order valence-electron chi connectivity index (χ4n) is 3.00. The molecule has 4 heteroatoms. The molecule has 1 aliphatic carbocycles. The third-order valence-electron chi connectivity index (χ3n) is 4.13. The molecular formula is C13H24N2O2. The van der Waals surface area contributed by atoms with Crippen LogP contribution < -0.4 is 5.73 Å². The lowest BCUT2D eigenvalue weighted by atomic mass is 9.90. The van der Waals surface area contributed by atoms with Crippen molar-refractivity contribution in [3.8, 4) is 0 Å². The second-order valence-electron chi connectivity index (χ2n) is 5.48. The van der Waals surface area contributed by atoms with Crippen LogP contribution in [0.2, 0.25) is 0 Å². The number of amides is 1. The van der Waals surface area contributed by atoms with E-state index in [9.17, 15) is 4.79 Å². The zero-order valence-electron chi connectivity index (χ0n) is 10.9. The van der Waals surface area contributed by atoms with Crippen LogP contribution in [0.5, 0.6) is 0 Å². The van der Waals surface area contributed by atoms with E-state index in [1.807, 2.05) is 18.9 Å². The van der Waals surface area contributed by atoms with Gasteiger partial charge < -0.3 is 15.4 Å². The first kappa shape index (κ1) is 12.8. The van der Waals surface area contributed by atoms with Crippen molar-refractivity contribution in [3.05, 3.63) is 0 Å². The lowest BCUT2D eigenvalue weighted by Gasteiger charge is -2.37. The van der Waals surface area contributed by atoms with Gasteiger partial charge in [0.25, 0.3) is 5.91 Å². The summed E-state index contributed by atoms with van der Waals surface area (Å²) in [7, 11) is 1.88. The van der Waals surface area contributed by atoms with Gasteiger partial charge in [-0.25, -0.2) is 0 Å². The first-order valence-electron chi connectivity index (χ1n) is 6.77. The molecule has 4 nitrogen and oxygen atoms in total. The average molecular weight is 240 g/mol. The minimum Gasteiger partial charge on any atom is -0.365 e. The van der Waals surface area contributed by atoms with Gasteiger partial charge in [-0.3, -0.25) is 4.79 Å². The summed E-state index contributed by atoms with van der Waals surface area (Å²) in [6.07, 6.45) is 6.26. The number of hydrogen-bond donors (Lipinski definition) is 1. The van der Waals surface area contributed by atoms with E-state index in [1.54, 1.807) is 0 Å². The van der Waals surface area contributed by atoms with Crippen molar-refractivity contribution in [2.24, 2.45) is 5.73 Å². The van der Waals surface area contributed by atoms with Crippen molar-refractivity contribution in [1.82, 2.24) is 4.90 Å². The average Bonchev–Trinajstić information content (AvgIpc) is 2.75. The standard InChI is InChI=1S/C13H24N2O2/c1-9-7-8-12(17-9)13(16)15(2)11-6-4-3-5-10(11)14/h9-12H,3-8,14H2,1-2H3. The van der Waals surface area contributed by atoms with E-state index in [0.29, 0.717) is 0 Å². The van der Waals surface area contributed by atoms with E-state index in [1.165, 1.54) is 12.8 Å². The number of likely N-dealkylation sites (N-methyl/N-ethyl adjacent to an activating group) is 1. The van der Waals surface area contributed by atoms with Gasteiger partial charge in [0.1, 0.15) is 6.10 Å². The van der Waals surface area contributed by atoms with Crippen LogP contribution in [0.15, 0.2) is 0 Å². The summed E-state index contributed by atoms with van der Waals surface area (Å²) < 4.78 is 5.64. The Balaban J connectivity index is 1.94.